The lowest BCUT2D eigenvalue weighted by atomic mass is 10.2. The largest absolute Gasteiger partial charge is 0.245 e. The third kappa shape index (κ3) is 2.94. The molecule has 3 aromatic rings. The first-order valence-corrected chi connectivity index (χ1v) is 9.05. The van der Waals surface area contributed by atoms with E-state index in [-0.39, 0.29) is 15.7 Å². The van der Waals surface area contributed by atoms with Gasteiger partial charge < -0.3 is 0 Å². The van der Waals surface area contributed by atoms with Crippen molar-refractivity contribution in [2.24, 2.45) is 0 Å². The zero-order chi connectivity index (χ0) is 17.3. The molecular weight excluding hydrogens is 369 g/mol. The van der Waals surface area contributed by atoms with Crippen LogP contribution in [0.25, 0.3) is 11.0 Å². The van der Waals surface area contributed by atoms with Crippen molar-refractivity contribution in [2.75, 3.05) is 0 Å². The molecule has 0 unspecified atom stereocenters. The summed E-state index contributed by atoms with van der Waals surface area (Å²) in [4.78, 5) is 8.33. The summed E-state index contributed by atoms with van der Waals surface area (Å²) in [6.45, 7) is 0. The van der Waals surface area contributed by atoms with Gasteiger partial charge in [-0.1, -0.05) is 35.3 Å². The molecule has 0 saturated carbocycles. The second kappa shape index (κ2) is 6.36. The van der Waals surface area contributed by atoms with Crippen LogP contribution in [0.15, 0.2) is 53.4 Å². The zero-order valence-electron chi connectivity index (χ0n) is 12.0. The number of para-hydroxylation sites is 2. The zero-order valence-corrected chi connectivity index (χ0v) is 14.3. The number of nitrogens with zero attached hydrogens (tertiary/aromatic N) is 3. The Morgan fingerprint density at radius 3 is 2.12 bits per heavy atom. The molecular formula is C16H9Cl2N3O2S. The van der Waals surface area contributed by atoms with Crippen LogP contribution in [0.1, 0.15) is 10.9 Å². The number of rotatable bonds is 3. The highest BCUT2D eigenvalue weighted by molar-refractivity contribution is 7.92. The lowest BCUT2D eigenvalue weighted by Gasteiger charge is -2.12. The minimum atomic E-state index is -4.02. The molecule has 0 bridgehead atoms. The van der Waals surface area contributed by atoms with E-state index >= 15 is 0 Å². The van der Waals surface area contributed by atoms with Gasteiger partial charge in [0, 0.05) is 5.02 Å². The molecule has 1 heterocycles. The number of nitriles is 1. The van der Waals surface area contributed by atoms with Crippen LogP contribution in [0.4, 0.5) is 0 Å². The van der Waals surface area contributed by atoms with Crippen LogP contribution in [-0.4, -0.2) is 18.4 Å². The summed E-state index contributed by atoms with van der Waals surface area (Å²) in [5.41, 5.74) is 0.892. The van der Waals surface area contributed by atoms with Crippen molar-refractivity contribution in [3.05, 3.63) is 64.4 Å². The second-order valence-electron chi connectivity index (χ2n) is 4.90. The molecule has 0 N–H and O–H groups in total. The number of hydrogen-bond donors (Lipinski definition) is 0. The smallest absolute Gasteiger partial charge is 0.200 e. The van der Waals surface area contributed by atoms with Crippen molar-refractivity contribution in [1.82, 2.24) is 9.97 Å². The van der Waals surface area contributed by atoms with Gasteiger partial charge in [0.2, 0.25) is 9.84 Å². The van der Waals surface area contributed by atoms with Crippen LogP contribution in [0.2, 0.25) is 10.2 Å². The maximum absolute atomic E-state index is 12.8. The summed E-state index contributed by atoms with van der Waals surface area (Å²) in [5, 5.41) is 8.16. The van der Waals surface area contributed by atoms with Gasteiger partial charge in [-0.25, -0.2) is 18.4 Å². The van der Waals surface area contributed by atoms with Gasteiger partial charge in [-0.05, 0) is 36.4 Å². The molecule has 0 aliphatic rings. The lowest BCUT2D eigenvalue weighted by Crippen LogP contribution is -2.15. The average molecular weight is 378 g/mol. The van der Waals surface area contributed by atoms with Crippen LogP contribution in [0.3, 0.4) is 0 Å². The van der Waals surface area contributed by atoms with Crippen molar-refractivity contribution in [3.63, 3.8) is 0 Å². The molecule has 24 heavy (non-hydrogen) atoms. The van der Waals surface area contributed by atoms with E-state index in [1.165, 1.54) is 24.3 Å². The number of halogens is 2. The van der Waals surface area contributed by atoms with E-state index in [1.807, 2.05) is 0 Å². The molecule has 0 aliphatic carbocycles. The molecule has 5 nitrogen and oxygen atoms in total. The standard InChI is InChI=1S/C16H9Cl2N3O2S/c17-10-5-7-11(8-6-10)24(22,23)14(9-19)15-16(18)21-13-4-2-1-3-12(13)20-15/h1-8,14H/t14-/m1/s1. The number of hydrogen-bond acceptors (Lipinski definition) is 5. The Morgan fingerprint density at radius 2 is 1.54 bits per heavy atom. The van der Waals surface area contributed by atoms with Crippen molar-refractivity contribution < 1.29 is 8.42 Å². The molecule has 0 radical (unpaired) electrons. The van der Waals surface area contributed by atoms with Crippen molar-refractivity contribution in [3.8, 4) is 6.07 Å². The Bertz CT molecular complexity index is 1060. The molecule has 0 spiro atoms. The van der Waals surface area contributed by atoms with Crippen molar-refractivity contribution >= 4 is 44.1 Å². The van der Waals surface area contributed by atoms with Crippen molar-refractivity contribution in [2.45, 2.75) is 10.1 Å². The van der Waals surface area contributed by atoms with Crippen LogP contribution < -0.4 is 0 Å². The Balaban J connectivity index is 2.17. The van der Waals surface area contributed by atoms with E-state index in [4.69, 9.17) is 23.2 Å². The van der Waals surface area contributed by atoms with Crippen LogP contribution in [-0.2, 0) is 9.84 Å². The molecule has 3 rings (SSSR count). The minimum Gasteiger partial charge on any atom is -0.245 e. The lowest BCUT2D eigenvalue weighted by molar-refractivity contribution is 0.590. The summed E-state index contributed by atoms with van der Waals surface area (Å²) in [6, 6.07) is 14.2. The number of fused-ring (bicyclic) bond motifs is 1. The van der Waals surface area contributed by atoms with E-state index in [1.54, 1.807) is 30.3 Å². The van der Waals surface area contributed by atoms with Crippen LogP contribution >= 0.6 is 23.2 Å². The maximum atomic E-state index is 12.8. The number of aromatic nitrogens is 2. The molecule has 1 atom stereocenters. The maximum Gasteiger partial charge on any atom is 0.200 e. The first-order valence-electron chi connectivity index (χ1n) is 6.75. The molecule has 120 valence electrons. The first kappa shape index (κ1) is 16.7. The summed E-state index contributed by atoms with van der Waals surface area (Å²) in [6.07, 6.45) is 0. The van der Waals surface area contributed by atoms with Gasteiger partial charge >= 0.3 is 0 Å². The van der Waals surface area contributed by atoms with Crippen LogP contribution in [0, 0.1) is 11.3 Å². The summed E-state index contributed by atoms with van der Waals surface area (Å²) < 4.78 is 25.5. The molecule has 8 heteroatoms. The minimum absolute atomic E-state index is 0.0375. The predicted molar refractivity (Wildman–Crippen MR) is 91.5 cm³/mol. The predicted octanol–water partition coefficient (Wildman–Crippen LogP) is 3.98. The highest BCUT2D eigenvalue weighted by atomic mass is 35.5. The molecule has 0 fully saturated rings. The van der Waals surface area contributed by atoms with Gasteiger partial charge in [-0.15, -0.1) is 0 Å². The fourth-order valence-corrected chi connectivity index (χ4v) is 4.01. The number of sulfone groups is 1. The van der Waals surface area contributed by atoms with Gasteiger partial charge in [0.15, 0.2) is 10.4 Å². The Morgan fingerprint density at radius 1 is 0.958 bits per heavy atom. The van der Waals surface area contributed by atoms with E-state index in [9.17, 15) is 13.7 Å². The monoisotopic (exact) mass is 377 g/mol. The molecule has 2 aromatic carbocycles. The van der Waals surface area contributed by atoms with E-state index in [0.29, 0.717) is 16.1 Å². The third-order valence-corrected chi connectivity index (χ3v) is 5.78. The van der Waals surface area contributed by atoms with Gasteiger partial charge in [-0.2, -0.15) is 5.26 Å². The third-order valence-electron chi connectivity index (χ3n) is 3.37. The molecule has 1 aromatic heterocycles. The van der Waals surface area contributed by atoms with E-state index in [2.05, 4.69) is 9.97 Å². The van der Waals surface area contributed by atoms with Gasteiger partial charge in [0.25, 0.3) is 0 Å². The van der Waals surface area contributed by atoms with Gasteiger partial charge in [0.05, 0.1) is 22.0 Å². The molecule has 0 amide bonds. The summed E-state index contributed by atoms with van der Waals surface area (Å²) in [7, 11) is -4.02. The van der Waals surface area contributed by atoms with Crippen LogP contribution in [0.5, 0.6) is 0 Å². The molecule has 0 saturated heterocycles. The van der Waals surface area contributed by atoms with E-state index < -0.39 is 15.1 Å². The normalized spacial score (nSPS) is 12.7. The molecule has 0 aliphatic heterocycles. The highest BCUT2D eigenvalue weighted by Gasteiger charge is 2.33. The highest BCUT2D eigenvalue weighted by Crippen LogP contribution is 2.32. The Labute approximate surface area is 148 Å². The second-order valence-corrected chi connectivity index (χ2v) is 7.72. The topological polar surface area (TPSA) is 83.7 Å². The summed E-state index contributed by atoms with van der Waals surface area (Å²) in [5.74, 6) is 0. The first-order chi connectivity index (χ1) is 11.4. The average Bonchev–Trinajstić information content (AvgIpc) is 2.56. The fourth-order valence-electron chi connectivity index (χ4n) is 2.20. The SMILES string of the molecule is N#C[C@H](c1nc2ccccc2nc1Cl)S(=O)(=O)c1ccc(Cl)cc1. The van der Waals surface area contributed by atoms with Gasteiger partial charge in [0.1, 0.15) is 5.69 Å². The van der Waals surface area contributed by atoms with E-state index in [0.717, 1.165) is 0 Å². The quantitative estimate of drug-likeness (QED) is 0.689. The van der Waals surface area contributed by atoms with Gasteiger partial charge in [-0.3, -0.25) is 0 Å². The van der Waals surface area contributed by atoms with Crippen molar-refractivity contribution in [1.29, 1.82) is 5.26 Å². The Hall–Kier alpha value is -2.20. The summed E-state index contributed by atoms with van der Waals surface area (Å²) >= 11 is 11.9. The Kier molecular flexibility index (Phi) is 4.41. The fraction of sp³-hybridized carbons (Fsp3) is 0.0625. The number of benzene rings is 2.